The predicted octanol–water partition coefficient (Wildman–Crippen LogP) is 3.09. The summed E-state index contributed by atoms with van der Waals surface area (Å²) in [6, 6.07) is 13.5. The van der Waals surface area contributed by atoms with E-state index in [4.69, 9.17) is 25.8 Å². The van der Waals surface area contributed by atoms with E-state index in [0.717, 1.165) is 5.75 Å². The van der Waals surface area contributed by atoms with Gasteiger partial charge in [0.2, 0.25) is 0 Å². The minimum absolute atomic E-state index is 0.0862. The predicted molar refractivity (Wildman–Crippen MR) is 97.9 cm³/mol. The van der Waals surface area contributed by atoms with Gasteiger partial charge in [-0.3, -0.25) is 9.59 Å². The number of ether oxygens (including phenoxy) is 3. The maximum atomic E-state index is 11.9. The lowest BCUT2D eigenvalue weighted by Crippen LogP contribution is -2.31. The van der Waals surface area contributed by atoms with Crippen LogP contribution in [0.2, 0.25) is 5.02 Å². The number of halogens is 1. The number of benzene rings is 2. The number of hydrogen-bond acceptors (Lipinski definition) is 5. The third kappa shape index (κ3) is 6.64. The molecule has 2 aromatic carbocycles. The Labute approximate surface area is 157 Å². The standard InChI is InChI=1S/C19H20ClNO5/c1-2-24-16-7-9-17(10-8-16)25-11-12-26-18(22)13-21-19(23)14-3-5-15(20)6-4-14/h3-10H,2,11-13H2,1H3,(H,21,23). The Morgan fingerprint density at radius 3 is 2.15 bits per heavy atom. The second-order valence-corrected chi connectivity index (χ2v) is 5.60. The summed E-state index contributed by atoms with van der Waals surface area (Å²) in [6.45, 7) is 2.60. The van der Waals surface area contributed by atoms with Crippen LogP contribution in [0.15, 0.2) is 48.5 Å². The molecular formula is C19H20ClNO5. The van der Waals surface area contributed by atoms with E-state index < -0.39 is 5.97 Å². The largest absolute Gasteiger partial charge is 0.494 e. The molecule has 0 saturated heterocycles. The molecule has 0 radical (unpaired) electrons. The Hall–Kier alpha value is -2.73. The molecule has 0 atom stereocenters. The highest BCUT2D eigenvalue weighted by Gasteiger charge is 2.08. The van der Waals surface area contributed by atoms with Gasteiger partial charge in [0.1, 0.15) is 31.3 Å². The summed E-state index contributed by atoms with van der Waals surface area (Å²) in [4.78, 5) is 23.5. The van der Waals surface area contributed by atoms with E-state index in [1.807, 2.05) is 6.92 Å². The Balaban J connectivity index is 1.62. The summed E-state index contributed by atoms with van der Waals surface area (Å²) < 4.78 is 15.8. The smallest absolute Gasteiger partial charge is 0.325 e. The van der Waals surface area contributed by atoms with E-state index in [9.17, 15) is 9.59 Å². The zero-order chi connectivity index (χ0) is 18.8. The van der Waals surface area contributed by atoms with Gasteiger partial charge in [0.25, 0.3) is 5.91 Å². The van der Waals surface area contributed by atoms with Crippen molar-refractivity contribution in [2.24, 2.45) is 0 Å². The van der Waals surface area contributed by atoms with Crippen LogP contribution in [-0.2, 0) is 9.53 Å². The van der Waals surface area contributed by atoms with Gasteiger partial charge in [0.05, 0.1) is 6.61 Å². The molecule has 2 rings (SSSR count). The number of carbonyl (C=O) groups is 2. The average Bonchev–Trinajstić information content (AvgIpc) is 2.65. The second kappa shape index (κ2) is 10.3. The van der Waals surface area contributed by atoms with Crippen molar-refractivity contribution < 1.29 is 23.8 Å². The van der Waals surface area contributed by atoms with Crippen molar-refractivity contribution in [3.63, 3.8) is 0 Å². The van der Waals surface area contributed by atoms with E-state index in [-0.39, 0.29) is 25.7 Å². The SMILES string of the molecule is CCOc1ccc(OCCOC(=O)CNC(=O)c2ccc(Cl)cc2)cc1. The number of amides is 1. The summed E-state index contributed by atoms with van der Waals surface area (Å²) in [7, 11) is 0. The van der Waals surface area contributed by atoms with E-state index in [0.29, 0.717) is 22.9 Å². The fourth-order valence-electron chi connectivity index (χ4n) is 2.02. The number of rotatable bonds is 9. The summed E-state index contributed by atoms with van der Waals surface area (Å²) in [5, 5.41) is 3.02. The van der Waals surface area contributed by atoms with Gasteiger partial charge in [-0.2, -0.15) is 0 Å². The van der Waals surface area contributed by atoms with Crippen LogP contribution in [0.3, 0.4) is 0 Å². The molecule has 1 N–H and O–H groups in total. The molecular weight excluding hydrogens is 358 g/mol. The zero-order valence-corrected chi connectivity index (χ0v) is 15.1. The van der Waals surface area contributed by atoms with Crippen molar-refractivity contribution in [1.82, 2.24) is 5.32 Å². The fourth-order valence-corrected chi connectivity index (χ4v) is 2.15. The highest BCUT2D eigenvalue weighted by molar-refractivity contribution is 6.30. The third-order valence-corrected chi connectivity index (χ3v) is 3.50. The molecule has 7 heteroatoms. The molecule has 0 saturated carbocycles. The molecule has 0 aliphatic heterocycles. The van der Waals surface area contributed by atoms with Crippen molar-refractivity contribution in [1.29, 1.82) is 0 Å². The maximum Gasteiger partial charge on any atom is 0.325 e. The van der Waals surface area contributed by atoms with Crippen molar-refractivity contribution in [3.8, 4) is 11.5 Å². The molecule has 138 valence electrons. The van der Waals surface area contributed by atoms with Gasteiger partial charge in [-0.1, -0.05) is 11.6 Å². The first kappa shape index (κ1) is 19.6. The first-order valence-electron chi connectivity index (χ1n) is 8.13. The van der Waals surface area contributed by atoms with Crippen LogP contribution in [-0.4, -0.2) is 38.2 Å². The zero-order valence-electron chi connectivity index (χ0n) is 14.4. The topological polar surface area (TPSA) is 73.9 Å². The van der Waals surface area contributed by atoms with Gasteiger partial charge in [0.15, 0.2) is 0 Å². The summed E-state index contributed by atoms with van der Waals surface area (Å²) in [5.41, 5.74) is 0.418. The molecule has 6 nitrogen and oxygen atoms in total. The van der Waals surface area contributed by atoms with Gasteiger partial charge in [0, 0.05) is 10.6 Å². The number of carbonyl (C=O) groups excluding carboxylic acids is 2. The Morgan fingerprint density at radius 2 is 1.54 bits per heavy atom. The molecule has 2 aromatic rings. The minimum atomic E-state index is -0.539. The lowest BCUT2D eigenvalue weighted by atomic mass is 10.2. The molecule has 0 spiro atoms. The fraction of sp³-hybridized carbons (Fsp3) is 0.263. The van der Waals surface area contributed by atoms with Crippen molar-refractivity contribution in [3.05, 3.63) is 59.1 Å². The minimum Gasteiger partial charge on any atom is -0.494 e. The molecule has 1 amide bonds. The van der Waals surface area contributed by atoms with Crippen LogP contribution >= 0.6 is 11.6 Å². The van der Waals surface area contributed by atoms with Crippen molar-refractivity contribution in [2.75, 3.05) is 26.4 Å². The summed E-state index contributed by atoms with van der Waals surface area (Å²) in [6.07, 6.45) is 0. The number of nitrogens with one attached hydrogen (secondary N) is 1. The van der Waals surface area contributed by atoms with E-state index in [1.54, 1.807) is 48.5 Å². The normalized spacial score (nSPS) is 10.1. The number of esters is 1. The van der Waals surface area contributed by atoms with Crippen LogP contribution in [0.5, 0.6) is 11.5 Å². The molecule has 0 heterocycles. The molecule has 0 unspecified atom stereocenters. The van der Waals surface area contributed by atoms with Gasteiger partial charge in [-0.25, -0.2) is 0 Å². The van der Waals surface area contributed by atoms with E-state index in [2.05, 4.69) is 5.32 Å². The molecule has 0 aromatic heterocycles. The lowest BCUT2D eigenvalue weighted by molar-refractivity contribution is -0.143. The summed E-state index contributed by atoms with van der Waals surface area (Å²) in [5.74, 6) is 0.509. The van der Waals surface area contributed by atoms with Gasteiger partial charge < -0.3 is 19.5 Å². The van der Waals surface area contributed by atoms with Crippen LogP contribution < -0.4 is 14.8 Å². The van der Waals surface area contributed by atoms with Crippen LogP contribution in [0.25, 0.3) is 0 Å². The Kier molecular flexibility index (Phi) is 7.76. The first-order chi connectivity index (χ1) is 12.6. The van der Waals surface area contributed by atoms with Crippen molar-refractivity contribution in [2.45, 2.75) is 6.92 Å². The Bertz CT molecular complexity index is 716. The lowest BCUT2D eigenvalue weighted by Gasteiger charge is -2.09. The van der Waals surface area contributed by atoms with Gasteiger partial charge in [-0.05, 0) is 55.5 Å². The molecule has 0 fully saturated rings. The van der Waals surface area contributed by atoms with Crippen molar-refractivity contribution >= 4 is 23.5 Å². The monoisotopic (exact) mass is 377 g/mol. The highest BCUT2D eigenvalue weighted by Crippen LogP contribution is 2.17. The van der Waals surface area contributed by atoms with Crippen LogP contribution in [0.1, 0.15) is 17.3 Å². The van der Waals surface area contributed by atoms with Crippen LogP contribution in [0.4, 0.5) is 0 Å². The third-order valence-electron chi connectivity index (χ3n) is 3.25. The van der Waals surface area contributed by atoms with Gasteiger partial charge in [-0.15, -0.1) is 0 Å². The average molecular weight is 378 g/mol. The maximum absolute atomic E-state index is 11.9. The Morgan fingerprint density at radius 1 is 0.923 bits per heavy atom. The van der Waals surface area contributed by atoms with Gasteiger partial charge >= 0.3 is 5.97 Å². The van der Waals surface area contributed by atoms with E-state index >= 15 is 0 Å². The molecule has 26 heavy (non-hydrogen) atoms. The quantitative estimate of drug-likeness (QED) is 0.537. The molecule has 0 aliphatic rings. The first-order valence-corrected chi connectivity index (χ1v) is 8.51. The number of hydrogen-bond donors (Lipinski definition) is 1. The second-order valence-electron chi connectivity index (χ2n) is 5.16. The molecule has 0 aliphatic carbocycles. The summed E-state index contributed by atoms with van der Waals surface area (Å²) >= 11 is 5.76. The highest BCUT2D eigenvalue weighted by atomic mass is 35.5. The van der Waals surface area contributed by atoms with E-state index in [1.165, 1.54) is 0 Å². The molecule has 0 bridgehead atoms. The van der Waals surface area contributed by atoms with Crippen LogP contribution in [0, 0.1) is 0 Å².